The lowest BCUT2D eigenvalue weighted by molar-refractivity contribution is 0.173. The summed E-state index contributed by atoms with van der Waals surface area (Å²) >= 11 is 0. The lowest BCUT2D eigenvalue weighted by Crippen LogP contribution is -2.35. The summed E-state index contributed by atoms with van der Waals surface area (Å²) in [7, 11) is 0. The molecule has 21 heavy (non-hydrogen) atoms. The molecule has 0 unspecified atom stereocenters. The van der Waals surface area contributed by atoms with Gasteiger partial charge >= 0.3 is 0 Å². The zero-order chi connectivity index (χ0) is 14.5. The van der Waals surface area contributed by atoms with Crippen molar-refractivity contribution in [2.24, 2.45) is 5.92 Å². The molecule has 114 valence electrons. The topological polar surface area (TPSA) is 21.1 Å². The number of para-hydroxylation sites is 2. The van der Waals surface area contributed by atoms with Crippen LogP contribution < -0.4 is 0 Å². The molecule has 0 amide bonds. The van der Waals surface area contributed by atoms with E-state index in [0.717, 1.165) is 24.5 Å². The number of benzene rings is 1. The fraction of sp³-hybridized carbons (Fsp3) is 0.611. The van der Waals surface area contributed by atoms with Gasteiger partial charge in [-0.05, 0) is 44.0 Å². The van der Waals surface area contributed by atoms with Crippen LogP contribution in [0.4, 0.5) is 0 Å². The standard InChI is InChI=1S/C18H27N3/c1-2-3-6-16-9-11-20(12-10-16)13-14-21-15-19-17-7-4-5-8-18(17)21/h4-5,7-8,15-16H,2-3,6,9-14H2,1H3. The van der Waals surface area contributed by atoms with Gasteiger partial charge in [-0.1, -0.05) is 38.3 Å². The minimum absolute atomic E-state index is 0.982. The van der Waals surface area contributed by atoms with Gasteiger partial charge in [-0.15, -0.1) is 0 Å². The normalized spacial score (nSPS) is 17.6. The summed E-state index contributed by atoms with van der Waals surface area (Å²) < 4.78 is 2.29. The van der Waals surface area contributed by atoms with Crippen molar-refractivity contribution in [1.82, 2.24) is 14.5 Å². The highest BCUT2D eigenvalue weighted by atomic mass is 15.2. The Labute approximate surface area is 128 Å². The number of aromatic nitrogens is 2. The maximum atomic E-state index is 4.47. The maximum Gasteiger partial charge on any atom is 0.0958 e. The molecule has 1 fully saturated rings. The Bertz CT molecular complexity index is 552. The summed E-state index contributed by atoms with van der Waals surface area (Å²) in [4.78, 5) is 7.09. The van der Waals surface area contributed by atoms with Crippen LogP contribution in [0.25, 0.3) is 11.0 Å². The van der Waals surface area contributed by atoms with Crippen LogP contribution in [-0.2, 0) is 6.54 Å². The number of hydrogen-bond acceptors (Lipinski definition) is 2. The van der Waals surface area contributed by atoms with Gasteiger partial charge in [0, 0.05) is 13.1 Å². The fourth-order valence-corrected chi connectivity index (χ4v) is 3.43. The van der Waals surface area contributed by atoms with Crippen molar-refractivity contribution >= 4 is 11.0 Å². The third-order valence-corrected chi connectivity index (χ3v) is 4.86. The number of rotatable bonds is 6. The number of hydrogen-bond donors (Lipinski definition) is 0. The number of unbranched alkanes of at least 4 members (excludes halogenated alkanes) is 1. The van der Waals surface area contributed by atoms with Gasteiger partial charge in [-0.25, -0.2) is 4.98 Å². The Hall–Kier alpha value is -1.35. The number of nitrogens with zero attached hydrogens (tertiary/aromatic N) is 3. The van der Waals surface area contributed by atoms with E-state index in [1.54, 1.807) is 0 Å². The van der Waals surface area contributed by atoms with Gasteiger partial charge in [0.05, 0.1) is 17.4 Å². The van der Waals surface area contributed by atoms with Crippen LogP contribution in [-0.4, -0.2) is 34.1 Å². The van der Waals surface area contributed by atoms with E-state index in [0.29, 0.717) is 0 Å². The molecule has 0 atom stereocenters. The molecular weight excluding hydrogens is 258 g/mol. The third-order valence-electron chi connectivity index (χ3n) is 4.86. The molecule has 0 saturated carbocycles. The number of imidazole rings is 1. The van der Waals surface area contributed by atoms with Gasteiger partial charge in [0.2, 0.25) is 0 Å². The average molecular weight is 285 g/mol. The average Bonchev–Trinajstić information content (AvgIpc) is 2.95. The van der Waals surface area contributed by atoms with E-state index in [1.807, 2.05) is 6.33 Å². The molecule has 0 N–H and O–H groups in total. The van der Waals surface area contributed by atoms with Crippen molar-refractivity contribution in [3.8, 4) is 0 Å². The van der Waals surface area contributed by atoms with Crippen LogP contribution in [0.5, 0.6) is 0 Å². The number of likely N-dealkylation sites (tertiary alicyclic amines) is 1. The Morgan fingerprint density at radius 3 is 2.76 bits per heavy atom. The third kappa shape index (κ3) is 3.65. The summed E-state index contributed by atoms with van der Waals surface area (Å²) in [6.45, 7) is 7.06. The van der Waals surface area contributed by atoms with E-state index in [4.69, 9.17) is 0 Å². The van der Waals surface area contributed by atoms with E-state index in [9.17, 15) is 0 Å². The van der Waals surface area contributed by atoms with Crippen LogP contribution in [0, 0.1) is 5.92 Å². The SMILES string of the molecule is CCCCC1CCN(CCn2cnc3ccccc32)CC1. The molecule has 3 rings (SSSR count). The van der Waals surface area contributed by atoms with E-state index in [2.05, 4.69) is 45.6 Å². The van der Waals surface area contributed by atoms with Crippen molar-refractivity contribution in [2.75, 3.05) is 19.6 Å². The van der Waals surface area contributed by atoms with Crippen LogP contribution in [0.15, 0.2) is 30.6 Å². The highest BCUT2D eigenvalue weighted by Crippen LogP contribution is 2.22. The monoisotopic (exact) mass is 285 g/mol. The minimum Gasteiger partial charge on any atom is -0.329 e. The summed E-state index contributed by atoms with van der Waals surface area (Å²) in [6.07, 6.45) is 8.96. The molecule has 0 radical (unpaired) electrons. The first-order valence-electron chi connectivity index (χ1n) is 8.49. The minimum atomic E-state index is 0.982. The van der Waals surface area contributed by atoms with Gasteiger partial charge < -0.3 is 9.47 Å². The lowest BCUT2D eigenvalue weighted by Gasteiger charge is -2.32. The van der Waals surface area contributed by atoms with E-state index in [1.165, 1.54) is 50.7 Å². The zero-order valence-corrected chi connectivity index (χ0v) is 13.2. The van der Waals surface area contributed by atoms with Crippen LogP contribution in [0.3, 0.4) is 0 Å². The second-order valence-corrected chi connectivity index (χ2v) is 6.35. The van der Waals surface area contributed by atoms with Gasteiger partial charge in [-0.3, -0.25) is 0 Å². The second-order valence-electron chi connectivity index (χ2n) is 6.35. The lowest BCUT2D eigenvalue weighted by atomic mass is 9.92. The van der Waals surface area contributed by atoms with Crippen LogP contribution in [0.2, 0.25) is 0 Å². The molecule has 1 aliphatic rings. The largest absolute Gasteiger partial charge is 0.329 e. The molecule has 1 aromatic carbocycles. The van der Waals surface area contributed by atoms with Crippen LogP contribution >= 0.6 is 0 Å². The van der Waals surface area contributed by atoms with Crippen LogP contribution in [0.1, 0.15) is 39.0 Å². The molecule has 2 heterocycles. The number of fused-ring (bicyclic) bond motifs is 1. The van der Waals surface area contributed by atoms with Crippen molar-refractivity contribution in [3.63, 3.8) is 0 Å². The Kier molecular flexibility index (Phi) is 4.91. The summed E-state index contributed by atoms with van der Waals surface area (Å²) in [5.74, 6) is 0.982. The van der Waals surface area contributed by atoms with Crippen molar-refractivity contribution in [3.05, 3.63) is 30.6 Å². The first kappa shape index (κ1) is 14.6. The Morgan fingerprint density at radius 1 is 1.14 bits per heavy atom. The van der Waals surface area contributed by atoms with Crippen molar-refractivity contribution in [1.29, 1.82) is 0 Å². The molecule has 1 aromatic heterocycles. The Morgan fingerprint density at radius 2 is 1.95 bits per heavy atom. The quantitative estimate of drug-likeness (QED) is 0.801. The van der Waals surface area contributed by atoms with Gasteiger partial charge in [0.1, 0.15) is 0 Å². The number of piperidine rings is 1. The highest BCUT2D eigenvalue weighted by Gasteiger charge is 2.18. The van der Waals surface area contributed by atoms with E-state index < -0.39 is 0 Å². The molecule has 1 saturated heterocycles. The fourth-order valence-electron chi connectivity index (χ4n) is 3.43. The van der Waals surface area contributed by atoms with Gasteiger partial charge in [0.25, 0.3) is 0 Å². The first-order valence-corrected chi connectivity index (χ1v) is 8.49. The summed E-state index contributed by atoms with van der Waals surface area (Å²) in [6, 6.07) is 8.41. The van der Waals surface area contributed by atoms with E-state index >= 15 is 0 Å². The predicted octanol–water partition coefficient (Wildman–Crippen LogP) is 3.94. The molecule has 3 nitrogen and oxygen atoms in total. The molecule has 1 aliphatic heterocycles. The molecular formula is C18H27N3. The Balaban J connectivity index is 1.48. The highest BCUT2D eigenvalue weighted by molar-refractivity contribution is 5.74. The summed E-state index contributed by atoms with van der Waals surface area (Å²) in [5, 5.41) is 0. The van der Waals surface area contributed by atoms with Gasteiger partial charge in [-0.2, -0.15) is 0 Å². The predicted molar refractivity (Wildman–Crippen MR) is 88.4 cm³/mol. The molecule has 0 spiro atoms. The van der Waals surface area contributed by atoms with Crippen molar-refractivity contribution < 1.29 is 0 Å². The smallest absolute Gasteiger partial charge is 0.0958 e. The molecule has 3 heteroatoms. The first-order chi connectivity index (χ1) is 10.4. The zero-order valence-electron chi connectivity index (χ0n) is 13.2. The van der Waals surface area contributed by atoms with E-state index in [-0.39, 0.29) is 0 Å². The summed E-state index contributed by atoms with van der Waals surface area (Å²) in [5.41, 5.74) is 2.37. The molecule has 0 bridgehead atoms. The second kappa shape index (κ2) is 7.08. The van der Waals surface area contributed by atoms with Gasteiger partial charge in [0.15, 0.2) is 0 Å². The van der Waals surface area contributed by atoms with Crippen molar-refractivity contribution in [2.45, 2.75) is 45.6 Å². The molecule has 2 aromatic rings. The maximum absolute atomic E-state index is 4.47. The molecule has 0 aliphatic carbocycles.